The first-order valence-electron chi connectivity index (χ1n) is 11.3. The van der Waals surface area contributed by atoms with Gasteiger partial charge < -0.3 is 24.4 Å². The molecular formula is C23H33N7O2. The Morgan fingerprint density at radius 3 is 2.53 bits per heavy atom. The number of hydrogen-bond acceptors (Lipinski definition) is 5. The second-order valence-electron chi connectivity index (χ2n) is 8.11. The molecule has 9 heteroatoms. The van der Waals surface area contributed by atoms with Gasteiger partial charge in [-0.15, -0.1) is 0 Å². The maximum Gasteiger partial charge on any atom is 0.236 e. The number of hydrogen-bond donors (Lipinski definition) is 1. The largest absolute Gasteiger partial charge is 0.378 e. The smallest absolute Gasteiger partial charge is 0.236 e. The van der Waals surface area contributed by atoms with Crippen molar-refractivity contribution in [2.45, 2.75) is 13.1 Å². The predicted octanol–water partition coefficient (Wildman–Crippen LogP) is 0.483. The molecule has 2 aromatic rings. The molecule has 0 unspecified atom stereocenters. The summed E-state index contributed by atoms with van der Waals surface area (Å²) in [6, 6.07) is 10.4. The highest BCUT2D eigenvalue weighted by molar-refractivity contribution is 5.80. The van der Waals surface area contributed by atoms with Crippen molar-refractivity contribution in [1.29, 1.82) is 0 Å². The zero-order valence-corrected chi connectivity index (χ0v) is 18.8. The predicted molar refractivity (Wildman–Crippen MR) is 123 cm³/mol. The van der Waals surface area contributed by atoms with Crippen LogP contribution in [0.15, 0.2) is 47.7 Å². The molecule has 2 fully saturated rings. The number of nitrogens with zero attached hydrogens (tertiary/aromatic N) is 6. The molecule has 3 heterocycles. The number of aliphatic imine (C=N–C) groups is 1. The number of imidazole rings is 1. The number of piperazine rings is 1. The molecule has 1 amide bonds. The van der Waals surface area contributed by atoms with Crippen molar-refractivity contribution < 1.29 is 9.53 Å². The number of carbonyl (C=O) groups is 1. The highest BCUT2D eigenvalue weighted by Gasteiger charge is 2.24. The van der Waals surface area contributed by atoms with E-state index in [1.807, 2.05) is 30.4 Å². The summed E-state index contributed by atoms with van der Waals surface area (Å²) in [6.45, 7) is 7.97. The third-order valence-corrected chi connectivity index (χ3v) is 6.01. The van der Waals surface area contributed by atoms with E-state index in [0.717, 1.165) is 44.5 Å². The summed E-state index contributed by atoms with van der Waals surface area (Å²) in [5, 5.41) is 3.46. The number of guanidine groups is 1. The average molecular weight is 440 g/mol. The van der Waals surface area contributed by atoms with E-state index in [0.29, 0.717) is 39.4 Å². The number of nitrogens with one attached hydrogen (secondary N) is 1. The van der Waals surface area contributed by atoms with E-state index in [2.05, 4.69) is 53.9 Å². The zero-order valence-electron chi connectivity index (χ0n) is 18.8. The minimum atomic E-state index is 0.203. The summed E-state index contributed by atoms with van der Waals surface area (Å²) >= 11 is 0. The third-order valence-electron chi connectivity index (χ3n) is 6.01. The molecule has 2 aliphatic rings. The van der Waals surface area contributed by atoms with Gasteiger partial charge in [0.1, 0.15) is 5.82 Å². The summed E-state index contributed by atoms with van der Waals surface area (Å²) in [4.78, 5) is 27.9. The summed E-state index contributed by atoms with van der Waals surface area (Å²) in [7, 11) is 1.81. The minimum Gasteiger partial charge on any atom is -0.378 e. The van der Waals surface area contributed by atoms with Crippen LogP contribution in [-0.2, 0) is 22.6 Å². The van der Waals surface area contributed by atoms with Crippen LogP contribution in [0, 0.1) is 0 Å². The molecule has 0 bridgehead atoms. The van der Waals surface area contributed by atoms with Crippen LogP contribution < -0.4 is 5.32 Å². The van der Waals surface area contributed by atoms with Crippen molar-refractivity contribution in [2.75, 3.05) is 66.1 Å². The molecular weight excluding hydrogens is 406 g/mol. The van der Waals surface area contributed by atoms with Crippen LogP contribution in [0.4, 0.5) is 0 Å². The molecule has 0 aliphatic carbocycles. The lowest BCUT2D eigenvalue weighted by molar-refractivity contribution is -0.136. The Morgan fingerprint density at radius 1 is 1.06 bits per heavy atom. The summed E-state index contributed by atoms with van der Waals surface area (Å²) in [5.74, 6) is 2.05. The van der Waals surface area contributed by atoms with Crippen molar-refractivity contribution in [3.8, 4) is 0 Å². The van der Waals surface area contributed by atoms with Gasteiger partial charge in [0.15, 0.2) is 5.96 Å². The fourth-order valence-corrected chi connectivity index (χ4v) is 4.14. The Morgan fingerprint density at radius 2 is 1.81 bits per heavy atom. The summed E-state index contributed by atoms with van der Waals surface area (Å²) in [6.07, 6.45) is 3.85. The van der Waals surface area contributed by atoms with E-state index >= 15 is 0 Å². The summed E-state index contributed by atoms with van der Waals surface area (Å²) in [5.41, 5.74) is 1.25. The number of rotatable bonds is 6. The maximum absolute atomic E-state index is 12.5. The fourth-order valence-electron chi connectivity index (χ4n) is 4.14. The highest BCUT2D eigenvalue weighted by atomic mass is 16.5. The van der Waals surface area contributed by atoms with Crippen LogP contribution in [0.5, 0.6) is 0 Å². The van der Waals surface area contributed by atoms with Gasteiger partial charge in [0.2, 0.25) is 5.91 Å². The molecule has 0 atom stereocenters. The number of aromatic nitrogens is 2. The first-order chi connectivity index (χ1) is 15.7. The van der Waals surface area contributed by atoms with Gasteiger partial charge in [-0.3, -0.25) is 14.7 Å². The number of carbonyl (C=O) groups excluding carboxylic acids is 1. The van der Waals surface area contributed by atoms with Gasteiger partial charge in [0.25, 0.3) is 0 Å². The maximum atomic E-state index is 12.5. The van der Waals surface area contributed by atoms with Crippen molar-refractivity contribution in [2.24, 2.45) is 4.99 Å². The molecule has 172 valence electrons. The van der Waals surface area contributed by atoms with Gasteiger partial charge in [0, 0.05) is 65.3 Å². The van der Waals surface area contributed by atoms with E-state index in [4.69, 9.17) is 4.74 Å². The molecule has 2 saturated heterocycles. The minimum absolute atomic E-state index is 0.203. The molecule has 2 aliphatic heterocycles. The first-order valence-corrected chi connectivity index (χ1v) is 11.3. The van der Waals surface area contributed by atoms with Crippen LogP contribution >= 0.6 is 0 Å². The number of benzene rings is 1. The van der Waals surface area contributed by atoms with Crippen molar-refractivity contribution in [1.82, 2.24) is 29.6 Å². The molecule has 0 spiro atoms. The van der Waals surface area contributed by atoms with Crippen molar-refractivity contribution in [3.05, 3.63) is 54.1 Å². The number of morpholine rings is 1. The second kappa shape index (κ2) is 11.1. The van der Waals surface area contributed by atoms with Gasteiger partial charge >= 0.3 is 0 Å². The Hall–Kier alpha value is -2.91. The van der Waals surface area contributed by atoms with Gasteiger partial charge in [-0.25, -0.2) is 4.98 Å². The monoisotopic (exact) mass is 439 g/mol. The lowest BCUT2D eigenvalue weighted by Crippen LogP contribution is -2.54. The van der Waals surface area contributed by atoms with Crippen LogP contribution in [0.3, 0.4) is 0 Å². The van der Waals surface area contributed by atoms with Crippen LogP contribution in [0.2, 0.25) is 0 Å². The SMILES string of the molecule is CN=C(NCc1nccn1Cc1ccccc1)N1CCN(CC(=O)N2CCOCC2)CC1. The molecule has 1 aromatic heterocycles. The normalized spacial score (nSPS) is 18.1. The quantitative estimate of drug-likeness (QED) is 0.521. The van der Waals surface area contributed by atoms with E-state index < -0.39 is 0 Å². The lowest BCUT2D eigenvalue weighted by Gasteiger charge is -2.37. The van der Waals surface area contributed by atoms with Crippen LogP contribution in [0.1, 0.15) is 11.4 Å². The Kier molecular flexibility index (Phi) is 7.73. The van der Waals surface area contributed by atoms with Gasteiger partial charge in [-0.2, -0.15) is 0 Å². The third kappa shape index (κ3) is 5.86. The standard InChI is InChI=1S/C23H33N7O2/c1-24-23(26-17-21-25-7-8-30(21)18-20-5-3-2-4-6-20)29-11-9-27(10-12-29)19-22(31)28-13-15-32-16-14-28/h2-8H,9-19H2,1H3,(H,24,26). The molecule has 9 nitrogen and oxygen atoms in total. The number of amides is 1. The molecule has 32 heavy (non-hydrogen) atoms. The molecule has 1 N–H and O–H groups in total. The first kappa shape index (κ1) is 22.3. The Balaban J connectivity index is 1.24. The van der Waals surface area contributed by atoms with Crippen LogP contribution in [0.25, 0.3) is 0 Å². The van der Waals surface area contributed by atoms with E-state index in [-0.39, 0.29) is 5.91 Å². The van der Waals surface area contributed by atoms with Gasteiger partial charge in [0.05, 0.1) is 26.3 Å². The highest BCUT2D eigenvalue weighted by Crippen LogP contribution is 2.08. The molecule has 1 aromatic carbocycles. The Bertz CT molecular complexity index is 885. The van der Waals surface area contributed by atoms with Gasteiger partial charge in [-0.1, -0.05) is 30.3 Å². The fraction of sp³-hybridized carbons (Fsp3) is 0.522. The van der Waals surface area contributed by atoms with E-state index in [1.165, 1.54) is 5.56 Å². The van der Waals surface area contributed by atoms with E-state index in [1.54, 1.807) is 0 Å². The molecule has 0 radical (unpaired) electrons. The Labute approximate surface area is 189 Å². The van der Waals surface area contributed by atoms with Crippen LogP contribution in [-0.4, -0.2) is 102 Å². The topological polar surface area (TPSA) is 78.2 Å². The van der Waals surface area contributed by atoms with Crippen molar-refractivity contribution >= 4 is 11.9 Å². The van der Waals surface area contributed by atoms with Crippen molar-refractivity contribution in [3.63, 3.8) is 0 Å². The molecule has 0 saturated carbocycles. The van der Waals surface area contributed by atoms with Gasteiger partial charge in [-0.05, 0) is 5.56 Å². The second-order valence-corrected chi connectivity index (χ2v) is 8.11. The lowest BCUT2D eigenvalue weighted by atomic mass is 10.2. The zero-order chi connectivity index (χ0) is 22.2. The summed E-state index contributed by atoms with van der Waals surface area (Å²) < 4.78 is 7.50. The number of ether oxygens (including phenoxy) is 1. The molecule has 4 rings (SSSR count). The van der Waals surface area contributed by atoms with E-state index in [9.17, 15) is 4.79 Å². The average Bonchev–Trinajstić information content (AvgIpc) is 3.28.